The summed E-state index contributed by atoms with van der Waals surface area (Å²) in [5, 5.41) is 2.91. The van der Waals surface area contributed by atoms with Crippen LogP contribution in [-0.4, -0.2) is 48.8 Å². The first-order valence-electron chi connectivity index (χ1n) is 9.96. The molecule has 1 heterocycles. The summed E-state index contributed by atoms with van der Waals surface area (Å²) >= 11 is 0. The van der Waals surface area contributed by atoms with Crippen LogP contribution in [0.25, 0.3) is 0 Å². The van der Waals surface area contributed by atoms with Gasteiger partial charge in [0.25, 0.3) is 0 Å². The normalized spacial score (nSPS) is 21.3. The molecule has 5 nitrogen and oxygen atoms in total. The Kier molecular flexibility index (Phi) is 7.48. The molecule has 6 heteroatoms. The first kappa shape index (κ1) is 21.5. The zero-order valence-electron chi connectivity index (χ0n) is 17.5. The fourth-order valence-electron chi connectivity index (χ4n) is 3.55. The highest BCUT2D eigenvalue weighted by Gasteiger charge is 2.24. The second-order valence-electron chi connectivity index (χ2n) is 7.88. The predicted molar refractivity (Wildman–Crippen MR) is 108 cm³/mol. The molecule has 1 aromatic carbocycles. The molecule has 152 valence electrons. The number of carbonyl (C=O) groups excluding carboxylic acids is 1. The van der Waals surface area contributed by atoms with Gasteiger partial charge in [0.05, 0.1) is 17.9 Å². The van der Waals surface area contributed by atoms with Gasteiger partial charge in [0.2, 0.25) is 0 Å². The predicted octanol–water partition coefficient (Wildman–Crippen LogP) is 4.02. The van der Waals surface area contributed by atoms with Crippen LogP contribution in [0.2, 0.25) is 0 Å². The summed E-state index contributed by atoms with van der Waals surface area (Å²) in [6.07, 6.45) is 0.158. The Morgan fingerprint density at radius 1 is 1.30 bits per heavy atom. The fourth-order valence-corrected chi connectivity index (χ4v) is 3.55. The van der Waals surface area contributed by atoms with Crippen LogP contribution in [0.5, 0.6) is 0 Å². The second kappa shape index (κ2) is 9.40. The number of morpholine rings is 1. The minimum atomic E-state index is -0.258. The fraction of sp³-hybridized carbons (Fsp3) is 0.667. The SMILES string of the molecule is CCN(C(=O)NCc1ccc(N2CC(C)OC(C)C2)c(F)c1)C(C)C(C)C. The number of hydrogen-bond acceptors (Lipinski definition) is 3. The second-order valence-corrected chi connectivity index (χ2v) is 7.88. The molecule has 1 aliphatic heterocycles. The van der Waals surface area contributed by atoms with Crippen molar-refractivity contribution in [1.29, 1.82) is 0 Å². The smallest absolute Gasteiger partial charge is 0.317 e. The van der Waals surface area contributed by atoms with Gasteiger partial charge in [-0.15, -0.1) is 0 Å². The topological polar surface area (TPSA) is 44.8 Å². The monoisotopic (exact) mass is 379 g/mol. The Balaban J connectivity index is 2.00. The average Bonchev–Trinajstić information content (AvgIpc) is 2.59. The highest BCUT2D eigenvalue weighted by atomic mass is 19.1. The van der Waals surface area contributed by atoms with E-state index in [1.807, 2.05) is 43.6 Å². The molecular formula is C21H34FN3O2. The number of ether oxygens (including phenoxy) is 1. The van der Waals surface area contributed by atoms with E-state index in [2.05, 4.69) is 19.2 Å². The number of carbonyl (C=O) groups is 1. The lowest BCUT2D eigenvalue weighted by Crippen LogP contribution is -2.46. The van der Waals surface area contributed by atoms with Crippen molar-refractivity contribution in [2.45, 2.75) is 66.3 Å². The number of anilines is 1. The maximum Gasteiger partial charge on any atom is 0.317 e. The van der Waals surface area contributed by atoms with E-state index < -0.39 is 0 Å². The maximum atomic E-state index is 14.7. The largest absolute Gasteiger partial charge is 0.372 e. The van der Waals surface area contributed by atoms with Gasteiger partial charge in [-0.2, -0.15) is 0 Å². The van der Waals surface area contributed by atoms with Gasteiger partial charge in [-0.1, -0.05) is 19.9 Å². The molecule has 2 rings (SSSR count). The van der Waals surface area contributed by atoms with Crippen LogP contribution in [0.3, 0.4) is 0 Å². The van der Waals surface area contributed by atoms with Gasteiger partial charge in [0.15, 0.2) is 0 Å². The van der Waals surface area contributed by atoms with E-state index in [4.69, 9.17) is 4.74 Å². The molecule has 3 atom stereocenters. The van der Waals surface area contributed by atoms with Gasteiger partial charge in [0.1, 0.15) is 5.82 Å². The van der Waals surface area contributed by atoms with Gasteiger partial charge < -0.3 is 19.9 Å². The van der Waals surface area contributed by atoms with Crippen LogP contribution in [0.15, 0.2) is 18.2 Å². The molecule has 1 aliphatic rings. The van der Waals surface area contributed by atoms with Crippen molar-refractivity contribution in [3.63, 3.8) is 0 Å². The molecule has 3 unspecified atom stereocenters. The van der Waals surface area contributed by atoms with Crippen molar-refractivity contribution < 1.29 is 13.9 Å². The summed E-state index contributed by atoms with van der Waals surface area (Å²) in [5.41, 5.74) is 1.35. The molecule has 2 amide bonds. The summed E-state index contributed by atoms with van der Waals surface area (Å²) in [6.45, 7) is 14.5. The van der Waals surface area contributed by atoms with Gasteiger partial charge in [-0.3, -0.25) is 0 Å². The number of rotatable bonds is 6. The Morgan fingerprint density at radius 3 is 2.44 bits per heavy atom. The maximum absolute atomic E-state index is 14.7. The van der Waals surface area contributed by atoms with Gasteiger partial charge in [-0.05, 0) is 51.3 Å². The molecule has 0 radical (unpaired) electrons. The van der Waals surface area contributed by atoms with Crippen molar-refractivity contribution in [2.24, 2.45) is 5.92 Å². The molecule has 0 aromatic heterocycles. The van der Waals surface area contributed by atoms with E-state index in [1.54, 1.807) is 6.07 Å². The molecule has 1 saturated heterocycles. The van der Waals surface area contributed by atoms with Gasteiger partial charge in [-0.25, -0.2) is 9.18 Å². The molecule has 0 spiro atoms. The van der Waals surface area contributed by atoms with E-state index in [0.717, 1.165) is 5.56 Å². The lowest BCUT2D eigenvalue weighted by molar-refractivity contribution is -0.00539. The molecule has 0 bridgehead atoms. The zero-order valence-corrected chi connectivity index (χ0v) is 17.5. The zero-order chi connectivity index (χ0) is 20.1. The van der Waals surface area contributed by atoms with E-state index in [1.165, 1.54) is 6.07 Å². The van der Waals surface area contributed by atoms with Crippen LogP contribution < -0.4 is 10.2 Å². The van der Waals surface area contributed by atoms with Crippen LogP contribution >= 0.6 is 0 Å². The molecular weight excluding hydrogens is 345 g/mol. The number of amides is 2. The third kappa shape index (κ3) is 5.58. The van der Waals surface area contributed by atoms with Crippen molar-refractivity contribution >= 4 is 11.7 Å². The molecule has 0 aliphatic carbocycles. The third-order valence-electron chi connectivity index (χ3n) is 5.27. The molecule has 27 heavy (non-hydrogen) atoms. The molecule has 1 N–H and O–H groups in total. The number of nitrogens with one attached hydrogen (secondary N) is 1. The lowest BCUT2D eigenvalue weighted by Gasteiger charge is -2.37. The quantitative estimate of drug-likeness (QED) is 0.812. The minimum absolute atomic E-state index is 0.0788. The van der Waals surface area contributed by atoms with E-state index in [9.17, 15) is 9.18 Å². The Morgan fingerprint density at radius 2 is 1.93 bits per heavy atom. The average molecular weight is 380 g/mol. The molecule has 1 fully saturated rings. The van der Waals surface area contributed by atoms with Crippen LogP contribution in [0.1, 0.15) is 47.1 Å². The summed E-state index contributed by atoms with van der Waals surface area (Å²) in [6, 6.07) is 5.24. The first-order chi connectivity index (χ1) is 12.7. The standard InChI is InChI=1S/C21H34FN3O2/c1-7-25(17(6)14(2)3)21(26)23-11-18-8-9-20(19(22)10-18)24-12-15(4)27-16(5)13-24/h8-10,14-17H,7,11-13H2,1-6H3,(H,23,26). The van der Waals surface area contributed by atoms with Crippen molar-refractivity contribution in [3.8, 4) is 0 Å². The van der Waals surface area contributed by atoms with Crippen molar-refractivity contribution in [1.82, 2.24) is 10.2 Å². The van der Waals surface area contributed by atoms with Crippen molar-refractivity contribution in [3.05, 3.63) is 29.6 Å². The molecule has 0 saturated carbocycles. The Bertz CT molecular complexity index is 628. The Hall–Kier alpha value is -1.82. The van der Waals surface area contributed by atoms with E-state index in [-0.39, 0.29) is 30.1 Å². The number of hydrogen-bond donors (Lipinski definition) is 1. The van der Waals surface area contributed by atoms with Crippen LogP contribution in [0, 0.1) is 11.7 Å². The minimum Gasteiger partial charge on any atom is -0.372 e. The number of halogens is 1. The molecule has 1 aromatic rings. The first-order valence-corrected chi connectivity index (χ1v) is 9.96. The highest BCUT2D eigenvalue weighted by Crippen LogP contribution is 2.24. The highest BCUT2D eigenvalue weighted by molar-refractivity contribution is 5.74. The summed E-state index contributed by atoms with van der Waals surface area (Å²) < 4.78 is 20.4. The van der Waals surface area contributed by atoms with Crippen molar-refractivity contribution in [2.75, 3.05) is 24.5 Å². The number of nitrogens with zero attached hydrogens (tertiary/aromatic N) is 2. The van der Waals surface area contributed by atoms with Gasteiger partial charge >= 0.3 is 6.03 Å². The van der Waals surface area contributed by atoms with Gasteiger partial charge in [0, 0.05) is 32.2 Å². The summed E-state index contributed by atoms with van der Waals surface area (Å²) in [7, 11) is 0. The summed E-state index contributed by atoms with van der Waals surface area (Å²) in [4.78, 5) is 16.3. The Labute approximate surface area is 162 Å². The van der Waals surface area contributed by atoms with Crippen LogP contribution in [-0.2, 0) is 11.3 Å². The lowest BCUT2D eigenvalue weighted by atomic mass is 10.1. The van der Waals surface area contributed by atoms with E-state index in [0.29, 0.717) is 37.8 Å². The van der Waals surface area contributed by atoms with Crippen LogP contribution in [0.4, 0.5) is 14.9 Å². The third-order valence-corrected chi connectivity index (χ3v) is 5.27. The number of benzene rings is 1. The summed E-state index contributed by atoms with van der Waals surface area (Å²) in [5.74, 6) is 0.122. The number of urea groups is 1. The van der Waals surface area contributed by atoms with E-state index >= 15 is 0 Å².